The van der Waals surface area contributed by atoms with Gasteiger partial charge in [-0.15, -0.1) is 0 Å². The van der Waals surface area contributed by atoms with Gasteiger partial charge in [-0.05, 0) is 19.4 Å². The van der Waals surface area contributed by atoms with Gasteiger partial charge in [-0.25, -0.2) is 0 Å². The van der Waals surface area contributed by atoms with Crippen LogP contribution in [0.25, 0.3) is 10.4 Å². The van der Waals surface area contributed by atoms with E-state index >= 15 is 0 Å². The second-order valence-electron chi connectivity index (χ2n) is 2.26. The SMILES string of the molecule is CCOC(OCC)C(O)CN=[N+]=[N-]. The summed E-state index contributed by atoms with van der Waals surface area (Å²) in [5.74, 6) is 0. The molecule has 0 aromatic carbocycles. The van der Waals surface area contributed by atoms with Crippen LogP contribution in [0.15, 0.2) is 5.11 Å². The molecule has 0 saturated heterocycles. The standard InChI is InChI=1S/C7H15N3O3/c1-3-12-7(13-4-2)6(11)5-9-10-8/h6-7,11H,3-5H2,1-2H3. The zero-order chi connectivity index (χ0) is 10.1. The van der Waals surface area contributed by atoms with Crippen molar-refractivity contribution in [1.29, 1.82) is 0 Å². The van der Waals surface area contributed by atoms with Crippen molar-refractivity contribution in [3.05, 3.63) is 10.4 Å². The van der Waals surface area contributed by atoms with E-state index in [0.717, 1.165) is 0 Å². The Kier molecular flexibility index (Phi) is 7.33. The third-order valence-corrected chi connectivity index (χ3v) is 1.31. The van der Waals surface area contributed by atoms with Crippen LogP contribution in [0.4, 0.5) is 0 Å². The van der Waals surface area contributed by atoms with Gasteiger partial charge in [-0.1, -0.05) is 5.11 Å². The van der Waals surface area contributed by atoms with Crippen molar-refractivity contribution in [1.82, 2.24) is 0 Å². The Balaban J connectivity index is 3.92. The van der Waals surface area contributed by atoms with E-state index in [4.69, 9.17) is 15.0 Å². The predicted octanol–water partition coefficient (Wildman–Crippen LogP) is 1.06. The molecule has 0 aromatic heterocycles. The Morgan fingerprint density at radius 3 is 2.31 bits per heavy atom. The van der Waals surface area contributed by atoms with Gasteiger partial charge in [0.2, 0.25) is 0 Å². The van der Waals surface area contributed by atoms with Crippen LogP contribution >= 0.6 is 0 Å². The van der Waals surface area contributed by atoms with Crippen LogP contribution in [0.2, 0.25) is 0 Å². The monoisotopic (exact) mass is 189 g/mol. The van der Waals surface area contributed by atoms with E-state index in [1.165, 1.54) is 0 Å². The van der Waals surface area contributed by atoms with Gasteiger partial charge in [-0.3, -0.25) is 0 Å². The van der Waals surface area contributed by atoms with Crippen LogP contribution in [-0.4, -0.2) is 37.3 Å². The molecule has 0 aliphatic carbocycles. The second-order valence-corrected chi connectivity index (χ2v) is 2.26. The summed E-state index contributed by atoms with van der Waals surface area (Å²) in [7, 11) is 0. The Labute approximate surface area is 77.1 Å². The maximum atomic E-state index is 9.39. The number of hydrogen-bond acceptors (Lipinski definition) is 4. The highest BCUT2D eigenvalue weighted by molar-refractivity contribution is 4.63. The molecule has 6 nitrogen and oxygen atoms in total. The maximum Gasteiger partial charge on any atom is 0.183 e. The Morgan fingerprint density at radius 1 is 1.38 bits per heavy atom. The molecule has 1 unspecified atom stereocenters. The summed E-state index contributed by atoms with van der Waals surface area (Å²) in [5.41, 5.74) is 8.02. The van der Waals surface area contributed by atoms with Crippen molar-refractivity contribution < 1.29 is 14.6 Å². The first-order chi connectivity index (χ1) is 6.26. The molecule has 0 amide bonds. The van der Waals surface area contributed by atoms with E-state index in [-0.39, 0.29) is 6.54 Å². The van der Waals surface area contributed by atoms with Crippen LogP contribution in [0.5, 0.6) is 0 Å². The summed E-state index contributed by atoms with van der Waals surface area (Å²) in [6, 6.07) is 0. The summed E-state index contributed by atoms with van der Waals surface area (Å²) in [6.07, 6.45) is -1.61. The van der Waals surface area contributed by atoms with Crippen LogP contribution in [0, 0.1) is 0 Å². The molecule has 13 heavy (non-hydrogen) atoms. The average Bonchev–Trinajstić information content (AvgIpc) is 2.14. The molecule has 0 bridgehead atoms. The third kappa shape index (κ3) is 5.43. The predicted molar refractivity (Wildman–Crippen MR) is 47.1 cm³/mol. The minimum Gasteiger partial charge on any atom is -0.388 e. The molecule has 0 radical (unpaired) electrons. The van der Waals surface area contributed by atoms with E-state index < -0.39 is 12.4 Å². The molecule has 0 saturated carbocycles. The zero-order valence-corrected chi connectivity index (χ0v) is 7.88. The van der Waals surface area contributed by atoms with Crippen molar-refractivity contribution in [2.45, 2.75) is 26.2 Å². The van der Waals surface area contributed by atoms with Gasteiger partial charge in [0.05, 0.1) is 6.54 Å². The van der Waals surface area contributed by atoms with Gasteiger partial charge in [0.25, 0.3) is 0 Å². The lowest BCUT2D eigenvalue weighted by molar-refractivity contribution is -0.186. The minimum atomic E-state index is -0.907. The molecule has 0 fully saturated rings. The smallest absolute Gasteiger partial charge is 0.183 e. The average molecular weight is 189 g/mol. The quantitative estimate of drug-likeness (QED) is 0.281. The number of ether oxygens (including phenoxy) is 2. The summed E-state index contributed by atoms with van der Waals surface area (Å²) in [5, 5.41) is 12.6. The number of azide groups is 1. The van der Waals surface area contributed by atoms with E-state index in [2.05, 4.69) is 10.0 Å². The van der Waals surface area contributed by atoms with Gasteiger partial charge in [0.15, 0.2) is 6.29 Å². The lowest BCUT2D eigenvalue weighted by atomic mass is 10.3. The fourth-order valence-corrected chi connectivity index (χ4v) is 0.805. The van der Waals surface area contributed by atoms with Crippen molar-refractivity contribution in [2.75, 3.05) is 19.8 Å². The normalized spacial score (nSPS) is 12.6. The highest BCUT2D eigenvalue weighted by Crippen LogP contribution is 2.02. The number of hydrogen-bond donors (Lipinski definition) is 1. The molecule has 0 aromatic rings. The first-order valence-electron chi connectivity index (χ1n) is 4.18. The molecule has 0 aliphatic rings. The lowest BCUT2D eigenvalue weighted by Gasteiger charge is -2.20. The first-order valence-corrected chi connectivity index (χ1v) is 4.18. The first kappa shape index (κ1) is 12.2. The molecular formula is C7H15N3O3. The summed E-state index contributed by atoms with van der Waals surface area (Å²) < 4.78 is 10.2. The van der Waals surface area contributed by atoms with Crippen LogP contribution in [0.1, 0.15) is 13.8 Å². The maximum absolute atomic E-state index is 9.39. The number of nitrogens with zero attached hydrogens (tertiary/aromatic N) is 3. The van der Waals surface area contributed by atoms with Crippen molar-refractivity contribution in [3.8, 4) is 0 Å². The summed E-state index contributed by atoms with van der Waals surface area (Å²) in [4.78, 5) is 2.53. The van der Waals surface area contributed by atoms with Crippen LogP contribution in [0.3, 0.4) is 0 Å². The molecule has 6 heteroatoms. The van der Waals surface area contributed by atoms with E-state index in [9.17, 15) is 5.11 Å². The summed E-state index contributed by atoms with van der Waals surface area (Å²) >= 11 is 0. The fourth-order valence-electron chi connectivity index (χ4n) is 0.805. The van der Waals surface area contributed by atoms with Crippen molar-refractivity contribution >= 4 is 0 Å². The number of rotatable bonds is 7. The highest BCUT2D eigenvalue weighted by Gasteiger charge is 2.18. The van der Waals surface area contributed by atoms with Crippen molar-refractivity contribution in [3.63, 3.8) is 0 Å². The van der Waals surface area contributed by atoms with Gasteiger partial charge >= 0.3 is 0 Å². The second kappa shape index (κ2) is 7.82. The number of aliphatic hydroxyl groups excluding tert-OH is 1. The Morgan fingerprint density at radius 2 is 1.92 bits per heavy atom. The largest absolute Gasteiger partial charge is 0.388 e. The Hall–Kier alpha value is -0.810. The molecule has 0 heterocycles. The fraction of sp³-hybridized carbons (Fsp3) is 1.00. The molecular weight excluding hydrogens is 174 g/mol. The van der Waals surface area contributed by atoms with Gasteiger partial charge in [-0.2, -0.15) is 0 Å². The van der Waals surface area contributed by atoms with E-state index in [1.807, 2.05) is 0 Å². The molecule has 0 spiro atoms. The van der Waals surface area contributed by atoms with Crippen LogP contribution < -0.4 is 0 Å². The van der Waals surface area contributed by atoms with Gasteiger partial charge in [0.1, 0.15) is 6.10 Å². The minimum absolute atomic E-state index is 0.0405. The molecule has 1 atom stereocenters. The van der Waals surface area contributed by atoms with Crippen LogP contribution in [-0.2, 0) is 9.47 Å². The van der Waals surface area contributed by atoms with Gasteiger partial charge in [0, 0.05) is 18.1 Å². The van der Waals surface area contributed by atoms with E-state index in [0.29, 0.717) is 13.2 Å². The van der Waals surface area contributed by atoms with Gasteiger partial charge < -0.3 is 14.6 Å². The third-order valence-electron chi connectivity index (χ3n) is 1.31. The van der Waals surface area contributed by atoms with Crippen molar-refractivity contribution in [2.24, 2.45) is 5.11 Å². The molecule has 0 aliphatic heterocycles. The zero-order valence-electron chi connectivity index (χ0n) is 7.88. The highest BCUT2D eigenvalue weighted by atomic mass is 16.7. The topological polar surface area (TPSA) is 87.5 Å². The Bertz CT molecular complexity index is 164. The van der Waals surface area contributed by atoms with E-state index in [1.54, 1.807) is 13.8 Å². The number of aliphatic hydroxyl groups is 1. The molecule has 1 N–H and O–H groups in total. The lowest BCUT2D eigenvalue weighted by Crippen LogP contribution is -2.34. The molecule has 0 rings (SSSR count). The molecule has 76 valence electrons. The summed E-state index contributed by atoms with van der Waals surface area (Å²) in [6.45, 7) is 4.44.